The fraction of sp³-hybridized carbons (Fsp3) is 0.278. The average molecular weight is 383 g/mol. The Kier molecular flexibility index (Phi) is 5.43. The second kappa shape index (κ2) is 7.59. The number of esters is 1. The van der Waals surface area contributed by atoms with Gasteiger partial charge >= 0.3 is 12.1 Å². The molecule has 4 nitrogen and oxygen atoms in total. The minimum atomic E-state index is -5.06. The SMILES string of the molecule is CSc1ccc(-c2cccc3c2OC(OC(=O)C(F)(F)F)CNC3)cc1. The van der Waals surface area contributed by atoms with Crippen molar-refractivity contribution < 1.29 is 27.4 Å². The number of carbonyl (C=O) groups excluding carboxylic acids is 1. The first kappa shape index (κ1) is 18.6. The molecule has 1 aliphatic heterocycles. The molecule has 2 aromatic rings. The summed E-state index contributed by atoms with van der Waals surface area (Å²) in [7, 11) is 0. The topological polar surface area (TPSA) is 47.6 Å². The van der Waals surface area contributed by atoms with Gasteiger partial charge in [0.05, 0.1) is 6.54 Å². The molecule has 0 saturated heterocycles. The van der Waals surface area contributed by atoms with Crippen LogP contribution >= 0.6 is 11.8 Å². The Morgan fingerprint density at radius 3 is 2.62 bits per heavy atom. The van der Waals surface area contributed by atoms with Crippen LogP contribution in [-0.4, -0.2) is 31.2 Å². The third kappa shape index (κ3) is 4.13. The molecule has 138 valence electrons. The van der Waals surface area contributed by atoms with Gasteiger partial charge in [-0.15, -0.1) is 11.8 Å². The molecule has 0 aromatic heterocycles. The van der Waals surface area contributed by atoms with Gasteiger partial charge in [0.1, 0.15) is 5.75 Å². The number of fused-ring (bicyclic) bond motifs is 1. The zero-order chi connectivity index (χ0) is 18.7. The van der Waals surface area contributed by atoms with Gasteiger partial charge < -0.3 is 14.8 Å². The maximum atomic E-state index is 12.5. The zero-order valence-electron chi connectivity index (χ0n) is 13.8. The van der Waals surface area contributed by atoms with Crippen LogP contribution in [0.25, 0.3) is 11.1 Å². The predicted octanol–water partition coefficient (Wildman–Crippen LogP) is 3.99. The first-order valence-corrected chi connectivity index (χ1v) is 9.02. The maximum Gasteiger partial charge on any atom is 0.491 e. The van der Waals surface area contributed by atoms with E-state index in [2.05, 4.69) is 10.1 Å². The first-order valence-electron chi connectivity index (χ1n) is 7.80. The van der Waals surface area contributed by atoms with Crippen molar-refractivity contribution in [3.05, 3.63) is 48.0 Å². The van der Waals surface area contributed by atoms with Crippen LogP contribution in [-0.2, 0) is 16.1 Å². The van der Waals surface area contributed by atoms with E-state index in [-0.39, 0.29) is 6.54 Å². The Bertz CT molecular complexity index is 793. The summed E-state index contributed by atoms with van der Waals surface area (Å²) in [6.45, 7) is 0.355. The molecule has 1 heterocycles. The number of thioether (sulfide) groups is 1. The molecule has 0 saturated carbocycles. The van der Waals surface area contributed by atoms with E-state index in [0.29, 0.717) is 12.3 Å². The van der Waals surface area contributed by atoms with Gasteiger partial charge in [-0.2, -0.15) is 13.2 Å². The highest BCUT2D eigenvalue weighted by atomic mass is 32.2. The predicted molar refractivity (Wildman–Crippen MR) is 91.9 cm³/mol. The van der Waals surface area contributed by atoms with Crippen LogP contribution < -0.4 is 10.1 Å². The summed E-state index contributed by atoms with van der Waals surface area (Å²) >= 11 is 1.61. The lowest BCUT2D eigenvalue weighted by atomic mass is 10.0. The molecule has 0 radical (unpaired) electrons. The average Bonchev–Trinajstić information content (AvgIpc) is 2.82. The monoisotopic (exact) mass is 383 g/mol. The molecule has 2 aromatic carbocycles. The number of hydrogen-bond donors (Lipinski definition) is 1. The van der Waals surface area contributed by atoms with Crippen LogP contribution in [0.5, 0.6) is 5.75 Å². The van der Waals surface area contributed by atoms with Crippen molar-refractivity contribution in [3.63, 3.8) is 0 Å². The number of halogens is 3. The Labute approximate surface area is 152 Å². The molecule has 3 rings (SSSR count). The standard InChI is InChI=1S/C18H16F3NO3S/c1-26-13-7-5-11(6-8-13)14-4-2-3-12-9-22-10-15(24-16(12)14)25-17(23)18(19,20)21/h2-8,15,22H,9-10H2,1H3. The van der Waals surface area contributed by atoms with Crippen LogP contribution in [0.4, 0.5) is 13.2 Å². The summed E-state index contributed by atoms with van der Waals surface area (Å²) < 4.78 is 47.5. The Hall–Kier alpha value is -2.19. The van der Waals surface area contributed by atoms with Gasteiger partial charge in [-0.3, -0.25) is 0 Å². The van der Waals surface area contributed by atoms with Crippen molar-refractivity contribution >= 4 is 17.7 Å². The summed E-state index contributed by atoms with van der Waals surface area (Å²) in [4.78, 5) is 12.2. The number of rotatable bonds is 3. The van der Waals surface area contributed by atoms with Gasteiger partial charge in [-0.25, -0.2) is 4.79 Å². The second-order valence-corrected chi connectivity index (χ2v) is 6.48. The van der Waals surface area contributed by atoms with Crippen molar-refractivity contribution in [2.45, 2.75) is 23.9 Å². The number of benzene rings is 2. The number of ether oxygens (including phenoxy) is 2. The quantitative estimate of drug-likeness (QED) is 0.642. The molecule has 1 aliphatic rings. The molecule has 0 bridgehead atoms. The molecular formula is C18H16F3NO3S. The molecule has 0 amide bonds. The van der Waals surface area contributed by atoms with E-state index in [1.807, 2.05) is 48.7 Å². The smallest absolute Gasteiger partial charge is 0.452 e. The third-order valence-electron chi connectivity index (χ3n) is 3.84. The molecule has 1 unspecified atom stereocenters. The van der Waals surface area contributed by atoms with E-state index >= 15 is 0 Å². The number of nitrogens with one attached hydrogen (secondary N) is 1. The van der Waals surface area contributed by atoms with Crippen LogP contribution in [0.2, 0.25) is 0 Å². The second-order valence-electron chi connectivity index (χ2n) is 5.60. The van der Waals surface area contributed by atoms with Gasteiger partial charge in [0.2, 0.25) is 0 Å². The molecule has 26 heavy (non-hydrogen) atoms. The van der Waals surface area contributed by atoms with Crippen molar-refractivity contribution in [1.82, 2.24) is 5.32 Å². The van der Waals surface area contributed by atoms with Crippen LogP contribution in [0, 0.1) is 0 Å². The molecule has 0 spiro atoms. The highest BCUT2D eigenvalue weighted by Crippen LogP contribution is 2.36. The van der Waals surface area contributed by atoms with Crippen LogP contribution in [0.1, 0.15) is 5.56 Å². The molecule has 8 heteroatoms. The molecule has 0 aliphatic carbocycles. The Balaban J connectivity index is 1.90. The Morgan fingerprint density at radius 2 is 1.96 bits per heavy atom. The van der Waals surface area contributed by atoms with Crippen LogP contribution in [0.3, 0.4) is 0 Å². The molecular weight excluding hydrogens is 367 g/mol. The minimum absolute atomic E-state index is 0.0403. The largest absolute Gasteiger partial charge is 0.491 e. The third-order valence-corrected chi connectivity index (χ3v) is 4.59. The van der Waals surface area contributed by atoms with Gasteiger partial charge in [0.25, 0.3) is 6.29 Å². The van der Waals surface area contributed by atoms with Crippen LogP contribution in [0.15, 0.2) is 47.4 Å². The van der Waals surface area contributed by atoms with Crippen molar-refractivity contribution in [2.24, 2.45) is 0 Å². The van der Waals surface area contributed by atoms with Crippen molar-refractivity contribution in [2.75, 3.05) is 12.8 Å². The summed E-state index contributed by atoms with van der Waals surface area (Å²) in [5.74, 6) is -1.86. The summed E-state index contributed by atoms with van der Waals surface area (Å²) in [5.41, 5.74) is 2.37. The molecule has 1 N–H and O–H groups in total. The lowest BCUT2D eigenvalue weighted by Gasteiger charge is -2.20. The summed E-state index contributed by atoms with van der Waals surface area (Å²) in [5, 5.41) is 2.93. The maximum absolute atomic E-state index is 12.5. The number of hydrogen-bond acceptors (Lipinski definition) is 5. The normalized spacial score (nSPS) is 17.0. The van der Waals surface area contributed by atoms with Crippen molar-refractivity contribution in [1.29, 1.82) is 0 Å². The number of carbonyl (C=O) groups is 1. The van der Waals surface area contributed by atoms with E-state index in [0.717, 1.165) is 21.6 Å². The van der Waals surface area contributed by atoms with Gasteiger partial charge in [0, 0.05) is 22.6 Å². The lowest BCUT2D eigenvalue weighted by Crippen LogP contribution is -2.37. The molecule has 1 atom stereocenters. The fourth-order valence-electron chi connectivity index (χ4n) is 2.61. The first-order chi connectivity index (χ1) is 12.4. The fourth-order valence-corrected chi connectivity index (χ4v) is 3.02. The molecule has 0 fully saturated rings. The number of para-hydroxylation sites is 1. The van der Waals surface area contributed by atoms with Gasteiger partial charge in [-0.05, 0) is 24.0 Å². The summed E-state index contributed by atoms with van der Waals surface area (Å²) in [6, 6.07) is 13.2. The number of alkyl halides is 3. The van der Waals surface area contributed by atoms with E-state index in [9.17, 15) is 18.0 Å². The van der Waals surface area contributed by atoms with E-state index in [4.69, 9.17) is 4.74 Å². The van der Waals surface area contributed by atoms with E-state index in [1.54, 1.807) is 11.8 Å². The lowest BCUT2D eigenvalue weighted by molar-refractivity contribution is -0.215. The highest BCUT2D eigenvalue weighted by molar-refractivity contribution is 7.98. The van der Waals surface area contributed by atoms with Gasteiger partial charge in [-0.1, -0.05) is 30.3 Å². The van der Waals surface area contributed by atoms with E-state index in [1.165, 1.54) is 0 Å². The minimum Gasteiger partial charge on any atom is -0.452 e. The van der Waals surface area contributed by atoms with Crippen molar-refractivity contribution in [3.8, 4) is 16.9 Å². The summed E-state index contributed by atoms with van der Waals surface area (Å²) in [6.07, 6.45) is -4.46. The van der Waals surface area contributed by atoms with Gasteiger partial charge in [0.15, 0.2) is 0 Å². The highest BCUT2D eigenvalue weighted by Gasteiger charge is 2.43. The Morgan fingerprint density at radius 1 is 1.23 bits per heavy atom. The van der Waals surface area contributed by atoms with E-state index < -0.39 is 18.4 Å². The zero-order valence-corrected chi connectivity index (χ0v) is 14.6.